The van der Waals surface area contributed by atoms with Gasteiger partial charge in [0, 0.05) is 19.3 Å². The molecule has 2 aliphatic rings. The maximum absolute atomic E-state index is 12.8. The van der Waals surface area contributed by atoms with Crippen LogP contribution in [-0.4, -0.2) is 49.8 Å². The summed E-state index contributed by atoms with van der Waals surface area (Å²) in [4.78, 5) is 15.4. The van der Waals surface area contributed by atoms with Crippen molar-refractivity contribution in [2.75, 3.05) is 38.7 Å². The van der Waals surface area contributed by atoms with E-state index in [0.717, 1.165) is 50.3 Å². The number of ether oxygens (including phenoxy) is 2. The number of hydrogen-bond donors (Lipinski definition) is 1. The number of hydrogen-bond acceptors (Lipinski definition) is 4. The van der Waals surface area contributed by atoms with Crippen molar-refractivity contribution in [3.63, 3.8) is 0 Å². The van der Waals surface area contributed by atoms with E-state index in [1.807, 2.05) is 24.3 Å². The Balaban J connectivity index is 1.44. The van der Waals surface area contributed by atoms with Crippen LogP contribution in [0.4, 0.5) is 5.69 Å². The molecule has 1 saturated heterocycles. The van der Waals surface area contributed by atoms with Gasteiger partial charge in [-0.15, -0.1) is 0 Å². The Morgan fingerprint density at radius 2 is 1.93 bits per heavy atom. The predicted molar refractivity (Wildman–Crippen MR) is 113 cm³/mol. The molecular weight excluding hydrogens is 352 g/mol. The monoisotopic (exact) mass is 388 g/mol. The minimum absolute atomic E-state index is 0.0308. The molecule has 3 rings (SSSR count). The van der Waals surface area contributed by atoms with Gasteiger partial charge in [-0.05, 0) is 81.8 Å². The molecule has 0 bridgehead atoms. The molecule has 1 aliphatic heterocycles. The minimum atomic E-state index is -0.693. The highest BCUT2D eigenvalue weighted by atomic mass is 16.5. The number of likely N-dealkylation sites (tertiary alicyclic amines) is 1. The van der Waals surface area contributed by atoms with Gasteiger partial charge in [0.25, 0.3) is 5.91 Å². The van der Waals surface area contributed by atoms with Crippen molar-refractivity contribution in [3.8, 4) is 5.75 Å². The summed E-state index contributed by atoms with van der Waals surface area (Å²) in [5.74, 6) is 1.33. The Hall–Kier alpha value is -1.59. The zero-order chi connectivity index (χ0) is 19.8. The van der Waals surface area contributed by atoms with Crippen LogP contribution in [0.25, 0.3) is 0 Å². The molecule has 0 spiro atoms. The van der Waals surface area contributed by atoms with Gasteiger partial charge in [-0.1, -0.05) is 19.8 Å². The van der Waals surface area contributed by atoms with Gasteiger partial charge in [0.1, 0.15) is 11.4 Å². The van der Waals surface area contributed by atoms with E-state index in [4.69, 9.17) is 9.47 Å². The molecule has 5 heteroatoms. The lowest BCUT2D eigenvalue weighted by Crippen LogP contribution is -2.47. The zero-order valence-electron chi connectivity index (χ0n) is 17.5. The minimum Gasteiger partial charge on any atom is -0.494 e. The number of benzene rings is 1. The number of amides is 1. The molecular formula is C23H36N2O3. The van der Waals surface area contributed by atoms with Crippen LogP contribution in [0.1, 0.15) is 58.3 Å². The van der Waals surface area contributed by atoms with Gasteiger partial charge in [-0.25, -0.2) is 0 Å². The Bertz CT molecular complexity index is 613. The number of carbonyl (C=O) groups is 1. The molecule has 0 aromatic heterocycles. The summed E-state index contributed by atoms with van der Waals surface area (Å²) in [6.45, 7) is 6.50. The summed E-state index contributed by atoms with van der Waals surface area (Å²) in [6, 6.07) is 7.68. The number of carbonyl (C=O) groups excluding carboxylic acids is 1. The fourth-order valence-corrected chi connectivity index (χ4v) is 4.53. The molecule has 1 aromatic carbocycles. The Kier molecular flexibility index (Phi) is 7.74. The predicted octanol–water partition coefficient (Wildman–Crippen LogP) is 4.48. The van der Waals surface area contributed by atoms with E-state index in [1.165, 1.54) is 38.8 Å². The van der Waals surface area contributed by atoms with Crippen molar-refractivity contribution in [2.24, 2.45) is 5.92 Å². The van der Waals surface area contributed by atoms with Crippen molar-refractivity contribution in [3.05, 3.63) is 24.3 Å². The second-order valence-electron chi connectivity index (χ2n) is 8.48. The van der Waals surface area contributed by atoms with Gasteiger partial charge in [0.05, 0.1) is 6.61 Å². The molecule has 156 valence electrons. The van der Waals surface area contributed by atoms with E-state index in [0.29, 0.717) is 5.92 Å². The second-order valence-corrected chi connectivity index (χ2v) is 8.48. The zero-order valence-corrected chi connectivity index (χ0v) is 17.5. The van der Waals surface area contributed by atoms with E-state index in [-0.39, 0.29) is 5.91 Å². The third-order valence-electron chi connectivity index (χ3n) is 6.21. The molecule has 1 heterocycles. The van der Waals surface area contributed by atoms with Crippen LogP contribution < -0.4 is 10.1 Å². The molecule has 0 radical (unpaired) electrons. The fraction of sp³-hybridized carbons (Fsp3) is 0.696. The molecule has 1 aliphatic carbocycles. The van der Waals surface area contributed by atoms with E-state index in [1.54, 1.807) is 7.11 Å². The van der Waals surface area contributed by atoms with Crippen molar-refractivity contribution in [1.29, 1.82) is 0 Å². The third kappa shape index (κ3) is 5.71. The number of anilines is 1. The highest BCUT2D eigenvalue weighted by Gasteiger charge is 2.41. The first-order valence-corrected chi connectivity index (χ1v) is 10.9. The number of nitrogens with zero attached hydrogens (tertiary/aromatic N) is 1. The van der Waals surface area contributed by atoms with Crippen LogP contribution in [0.5, 0.6) is 5.75 Å². The lowest BCUT2D eigenvalue weighted by Gasteiger charge is -2.37. The summed E-state index contributed by atoms with van der Waals surface area (Å²) in [6.07, 6.45) is 8.86. The lowest BCUT2D eigenvalue weighted by atomic mass is 9.78. The van der Waals surface area contributed by atoms with Crippen LogP contribution in [0.3, 0.4) is 0 Å². The Morgan fingerprint density at radius 1 is 1.18 bits per heavy atom. The lowest BCUT2D eigenvalue weighted by molar-refractivity contribution is -0.143. The average Bonchev–Trinajstić information content (AvgIpc) is 2.73. The van der Waals surface area contributed by atoms with Gasteiger partial charge in [0.2, 0.25) is 0 Å². The summed E-state index contributed by atoms with van der Waals surface area (Å²) in [5.41, 5.74) is 0.0988. The SMILES string of the molecule is CO[C@]1(C(=O)Nc2ccc(OCCCN3CCCCC3)cc2)CCC[C@H](C)C1. The summed E-state index contributed by atoms with van der Waals surface area (Å²) >= 11 is 0. The van der Waals surface area contributed by atoms with Crippen molar-refractivity contribution < 1.29 is 14.3 Å². The summed E-state index contributed by atoms with van der Waals surface area (Å²) < 4.78 is 11.5. The molecule has 28 heavy (non-hydrogen) atoms. The topological polar surface area (TPSA) is 50.8 Å². The number of rotatable bonds is 8. The van der Waals surface area contributed by atoms with Crippen LogP contribution in [0.2, 0.25) is 0 Å². The van der Waals surface area contributed by atoms with E-state index in [2.05, 4.69) is 17.1 Å². The molecule has 1 N–H and O–H groups in total. The Labute approximate surface area is 169 Å². The van der Waals surface area contributed by atoms with Crippen LogP contribution in [0.15, 0.2) is 24.3 Å². The summed E-state index contributed by atoms with van der Waals surface area (Å²) in [7, 11) is 1.65. The van der Waals surface area contributed by atoms with Crippen LogP contribution in [0, 0.1) is 5.92 Å². The first-order valence-electron chi connectivity index (χ1n) is 10.9. The molecule has 2 atom stereocenters. The number of methoxy groups -OCH3 is 1. The van der Waals surface area contributed by atoms with Gasteiger partial charge in [0.15, 0.2) is 0 Å². The largest absolute Gasteiger partial charge is 0.494 e. The number of piperidine rings is 1. The third-order valence-corrected chi connectivity index (χ3v) is 6.21. The van der Waals surface area contributed by atoms with Gasteiger partial charge in [-0.3, -0.25) is 4.79 Å². The quantitative estimate of drug-likeness (QED) is 0.667. The smallest absolute Gasteiger partial charge is 0.256 e. The van der Waals surface area contributed by atoms with E-state index >= 15 is 0 Å². The van der Waals surface area contributed by atoms with Crippen LogP contribution in [-0.2, 0) is 9.53 Å². The van der Waals surface area contributed by atoms with E-state index in [9.17, 15) is 4.79 Å². The molecule has 1 aromatic rings. The second kappa shape index (κ2) is 10.3. The van der Waals surface area contributed by atoms with E-state index < -0.39 is 5.60 Å². The fourth-order valence-electron chi connectivity index (χ4n) is 4.53. The van der Waals surface area contributed by atoms with Gasteiger partial charge in [-0.2, -0.15) is 0 Å². The maximum atomic E-state index is 12.8. The molecule has 0 unspecified atom stereocenters. The maximum Gasteiger partial charge on any atom is 0.256 e. The molecule has 1 saturated carbocycles. The van der Waals surface area contributed by atoms with Crippen LogP contribution >= 0.6 is 0 Å². The van der Waals surface area contributed by atoms with Crippen molar-refractivity contribution >= 4 is 11.6 Å². The summed E-state index contributed by atoms with van der Waals surface area (Å²) in [5, 5.41) is 3.04. The standard InChI is InChI=1S/C23H36N2O3/c1-19-8-6-13-23(18-19,27-2)22(26)24-20-9-11-21(12-10-20)28-17-7-16-25-14-4-3-5-15-25/h9-12,19H,3-8,13-18H2,1-2H3,(H,24,26)/t19-,23+/m0/s1. The Morgan fingerprint density at radius 3 is 2.61 bits per heavy atom. The van der Waals surface area contributed by atoms with Gasteiger partial charge < -0.3 is 19.7 Å². The molecule has 5 nitrogen and oxygen atoms in total. The number of nitrogens with one attached hydrogen (secondary N) is 1. The highest BCUT2D eigenvalue weighted by molar-refractivity contribution is 5.97. The molecule has 1 amide bonds. The first-order chi connectivity index (χ1) is 13.6. The first kappa shape index (κ1) is 21.1. The highest BCUT2D eigenvalue weighted by Crippen LogP contribution is 2.35. The molecule has 2 fully saturated rings. The van der Waals surface area contributed by atoms with Crippen molar-refractivity contribution in [2.45, 2.75) is 63.9 Å². The average molecular weight is 389 g/mol. The van der Waals surface area contributed by atoms with Crippen molar-refractivity contribution in [1.82, 2.24) is 4.90 Å². The van der Waals surface area contributed by atoms with Gasteiger partial charge >= 0.3 is 0 Å². The normalized spacial score (nSPS) is 26.0.